The molecule has 0 radical (unpaired) electrons. The first-order valence-corrected chi connectivity index (χ1v) is 8.87. The second kappa shape index (κ2) is 6.35. The van der Waals surface area contributed by atoms with Gasteiger partial charge in [-0.15, -0.1) is 0 Å². The fraction of sp³-hybridized carbons (Fsp3) is 0.421. The van der Waals surface area contributed by atoms with Crippen molar-refractivity contribution in [1.82, 2.24) is 19.4 Å². The van der Waals surface area contributed by atoms with E-state index in [4.69, 9.17) is 4.42 Å². The van der Waals surface area contributed by atoms with Crippen LogP contribution in [-0.4, -0.2) is 31.9 Å². The molecule has 1 aliphatic rings. The number of fused-ring (bicyclic) bond motifs is 1. The Morgan fingerprint density at radius 3 is 3.08 bits per heavy atom. The molecule has 0 spiro atoms. The summed E-state index contributed by atoms with van der Waals surface area (Å²) >= 11 is 0. The van der Waals surface area contributed by atoms with Crippen LogP contribution in [0.4, 0.5) is 0 Å². The number of oxazole rings is 1. The first-order chi connectivity index (χ1) is 12.2. The number of imidazole rings is 1. The van der Waals surface area contributed by atoms with Gasteiger partial charge in [-0.2, -0.15) is 0 Å². The number of aryl methyl sites for hydroxylation is 2. The summed E-state index contributed by atoms with van der Waals surface area (Å²) in [5.74, 6) is 1.56. The Bertz CT molecular complexity index is 911. The Labute approximate surface area is 146 Å². The number of hydrogen-bond donors (Lipinski definition) is 0. The molecule has 0 bridgehead atoms. The lowest BCUT2D eigenvalue weighted by Gasteiger charge is -2.35. The molecule has 1 aliphatic heterocycles. The maximum Gasteiger partial charge on any atom is 0.256 e. The van der Waals surface area contributed by atoms with Crippen LogP contribution in [0.15, 0.2) is 35.0 Å². The molecule has 6 heteroatoms. The molecule has 6 nitrogen and oxygen atoms in total. The van der Waals surface area contributed by atoms with Gasteiger partial charge in [0.2, 0.25) is 0 Å². The van der Waals surface area contributed by atoms with Crippen LogP contribution in [0.5, 0.6) is 0 Å². The number of aromatic nitrogens is 3. The number of amides is 1. The summed E-state index contributed by atoms with van der Waals surface area (Å²) in [4.78, 5) is 24.2. The van der Waals surface area contributed by atoms with E-state index in [0.29, 0.717) is 22.6 Å². The highest BCUT2D eigenvalue weighted by molar-refractivity contribution is 6.04. The van der Waals surface area contributed by atoms with Crippen molar-refractivity contribution < 1.29 is 9.21 Å². The Balaban J connectivity index is 1.74. The molecule has 25 heavy (non-hydrogen) atoms. The molecule has 3 heterocycles. The summed E-state index contributed by atoms with van der Waals surface area (Å²) in [7, 11) is 0. The quantitative estimate of drug-likeness (QED) is 0.730. The predicted molar refractivity (Wildman–Crippen MR) is 94.3 cm³/mol. The number of hydrogen-bond acceptors (Lipinski definition) is 4. The minimum absolute atomic E-state index is 0.00857. The van der Waals surface area contributed by atoms with Crippen molar-refractivity contribution in [2.75, 3.05) is 6.54 Å². The minimum atomic E-state index is 0.00857. The molecule has 0 N–H and O–H groups in total. The monoisotopic (exact) mass is 338 g/mol. The van der Waals surface area contributed by atoms with E-state index in [0.717, 1.165) is 38.2 Å². The minimum Gasteiger partial charge on any atom is -0.441 e. The summed E-state index contributed by atoms with van der Waals surface area (Å²) in [5.41, 5.74) is 1.91. The lowest BCUT2D eigenvalue weighted by atomic mass is 9.99. The molecule has 1 amide bonds. The fourth-order valence-electron chi connectivity index (χ4n) is 3.72. The Morgan fingerprint density at radius 2 is 2.24 bits per heavy atom. The van der Waals surface area contributed by atoms with Crippen molar-refractivity contribution in [3.05, 3.63) is 47.9 Å². The number of benzene rings is 1. The van der Waals surface area contributed by atoms with Gasteiger partial charge in [-0.05, 0) is 38.3 Å². The summed E-state index contributed by atoms with van der Waals surface area (Å²) < 4.78 is 7.71. The van der Waals surface area contributed by atoms with E-state index in [1.165, 1.54) is 0 Å². The largest absolute Gasteiger partial charge is 0.441 e. The van der Waals surface area contributed by atoms with Crippen molar-refractivity contribution in [1.29, 1.82) is 0 Å². The molecule has 2 aromatic heterocycles. The molecular formula is C19H22N4O2. The van der Waals surface area contributed by atoms with Crippen LogP contribution in [0.2, 0.25) is 0 Å². The molecule has 1 saturated heterocycles. The van der Waals surface area contributed by atoms with E-state index in [2.05, 4.69) is 21.5 Å². The van der Waals surface area contributed by atoms with E-state index in [9.17, 15) is 4.79 Å². The van der Waals surface area contributed by atoms with Gasteiger partial charge < -0.3 is 13.9 Å². The van der Waals surface area contributed by atoms with E-state index in [1.807, 2.05) is 35.5 Å². The molecule has 4 rings (SSSR count). The van der Waals surface area contributed by atoms with Crippen LogP contribution >= 0.6 is 0 Å². The predicted octanol–water partition coefficient (Wildman–Crippen LogP) is 3.72. The third kappa shape index (κ3) is 2.71. The first kappa shape index (κ1) is 15.9. The SMILES string of the molecule is CCn1ccnc1[C@@H]1CCCCN1C(=O)c1cccc2oc(C)nc12. The third-order valence-electron chi connectivity index (χ3n) is 4.91. The molecule has 1 fully saturated rings. The molecule has 0 unspecified atom stereocenters. The lowest BCUT2D eigenvalue weighted by Crippen LogP contribution is -2.39. The number of nitrogens with zero attached hydrogens (tertiary/aromatic N) is 4. The molecule has 130 valence electrons. The topological polar surface area (TPSA) is 64.2 Å². The zero-order chi connectivity index (χ0) is 17.4. The molecule has 0 aliphatic carbocycles. The van der Waals surface area contributed by atoms with Gasteiger partial charge in [0.05, 0.1) is 11.6 Å². The maximum absolute atomic E-state index is 13.3. The second-order valence-electron chi connectivity index (χ2n) is 6.47. The molecule has 0 saturated carbocycles. The van der Waals surface area contributed by atoms with Gasteiger partial charge in [0.25, 0.3) is 5.91 Å². The van der Waals surface area contributed by atoms with Crippen LogP contribution in [0.25, 0.3) is 11.1 Å². The maximum atomic E-state index is 13.3. The fourth-order valence-corrected chi connectivity index (χ4v) is 3.72. The van der Waals surface area contributed by atoms with Gasteiger partial charge in [-0.25, -0.2) is 9.97 Å². The van der Waals surface area contributed by atoms with Crippen molar-refractivity contribution in [3.8, 4) is 0 Å². The molecular weight excluding hydrogens is 316 g/mol. The Kier molecular flexibility index (Phi) is 4.03. The van der Waals surface area contributed by atoms with E-state index in [-0.39, 0.29) is 11.9 Å². The number of piperidine rings is 1. The van der Waals surface area contributed by atoms with Crippen molar-refractivity contribution >= 4 is 17.0 Å². The van der Waals surface area contributed by atoms with Crippen LogP contribution in [0.3, 0.4) is 0 Å². The van der Waals surface area contributed by atoms with Crippen LogP contribution in [0, 0.1) is 6.92 Å². The highest BCUT2D eigenvalue weighted by Gasteiger charge is 2.32. The highest BCUT2D eigenvalue weighted by Crippen LogP contribution is 2.32. The average molecular weight is 338 g/mol. The number of carbonyl (C=O) groups excluding carboxylic acids is 1. The van der Waals surface area contributed by atoms with Crippen LogP contribution in [-0.2, 0) is 6.54 Å². The first-order valence-electron chi connectivity index (χ1n) is 8.87. The van der Waals surface area contributed by atoms with Crippen molar-refractivity contribution in [2.45, 2.75) is 45.7 Å². The summed E-state index contributed by atoms with van der Waals surface area (Å²) in [6.45, 7) is 5.49. The number of rotatable bonds is 3. The van der Waals surface area contributed by atoms with Gasteiger partial charge >= 0.3 is 0 Å². The molecule has 1 aromatic carbocycles. The lowest BCUT2D eigenvalue weighted by molar-refractivity contribution is 0.0597. The molecule has 3 aromatic rings. The van der Waals surface area contributed by atoms with Gasteiger partial charge in [-0.1, -0.05) is 6.07 Å². The van der Waals surface area contributed by atoms with Crippen LogP contribution < -0.4 is 0 Å². The van der Waals surface area contributed by atoms with Gasteiger partial charge in [0.1, 0.15) is 11.3 Å². The summed E-state index contributed by atoms with van der Waals surface area (Å²) in [5, 5.41) is 0. The number of para-hydroxylation sites is 1. The van der Waals surface area contributed by atoms with E-state index >= 15 is 0 Å². The zero-order valence-electron chi connectivity index (χ0n) is 14.6. The number of likely N-dealkylation sites (tertiary alicyclic amines) is 1. The van der Waals surface area contributed by atoms with Crippen LogP contribution in [0.1, 0.15) is 54.3 Å². The van der Waals surface area contributed by atoms with E-state index < -0.39 is 0 Å². The normalized spacial score (nSPS) is 18.0. The average Bonchev–Trinajstić information content (AvgIpc) is 3.25. The smallest absolute Gasteiger partial charge is 0.256 e. The number of carbonyl (C=O) groups is 1. The molecule has 1 atom stereocenters. The zero-order valence-corrected chi connectivity index (χ0v) is 14.6. The van der Waals surface area contributed by atoms with Crippen molar-refractivity contribution in [3.63, 3.8) is 0 Å². The van der Waals surface area contributed by atoms with Gasteiger partial charge in [0, 0.05) is 32.4 Å². The second-order valence-corrected chi connectivity index (χ2v) is 6.47. The Hall–Kier alpha value is -2.63. The Morgan fingerprint density at radius 1 is 1.36 bits per heavy atom. The summed E-state index contributed by atoms with van der Waals surface area (Å²) in [6, 6.07) is 5.56. The van der Waals surface area contributed by atoms with Gasteiger partial charge in [-0.3, -0.25) is 4.79 Å². The third-order valence-corrected chi connectivity index (χ3v) is 4.91. The standard InChI is InChI=1S/C19H22N4O2/c1-3-22-12-10-20-18(22)15-8-4-5-11-23(15)19(24)14-7-6-9-16-17(14)21-13(2)25-16/h6-7,9-10,12,15H,3-5,8,11H2,1-2H3/t15-/m0/s1. The van der Waals surface area contributed by atoms with Gasteiger partial charge in [0.15, 0.2) is 11.5 Å². The van der Waals surface area contributed by atoms with Crippen molar-refractivity contribution in [2.24, 2.45) is 0 Å². The van der Waals surface area contributed by atoms with E-state index in [1.54, 1.807) is 6.92 Å². The highest BCUT2D eigenvalue weighted by atomic mass is 16.3. The summed E-state index contributed by atoms with van der Waals surface area (Å²) in [6.07, 6.45) is 6.86.